The molecule has 1 aromatic heterocycles. The van der Waals surface area contributed by atoms with Crippen LogP contribution in [0.2, 0.25) is 0 Å². The smallest absolute Gasteiger partial charge is 0.323 e. The number of aromatic nitrogens is 2. The van der Waals surface area contributed by atoms with E-state index in [-0.39, 0.29) is 17.3 Å². The van der Waals surface area contributed by atoms with Crippen LogP contribution in [-0.4, -0.2) is 16.2 Å². The van der Waals surface area contributed by atoms with Gasteiger partial charge in [-0.05, 0) is 5.41 Å². The normalized spacial score (nSPS) is 13.6. The molecule has 1 atom stereocenters. The Balaban J connectivity index is 2.80. The molecule has 0 radical (unpaired) electrons. The highest BCUT2D eigenvalue weighted by Crippen LogP contribution is 2.29. The Bertz CT molecular complexity index is 354. The van der Waals surface area contributed by atoms with E-state index in [0.717, 1.165) is 0 Å². The van der Waals surface area contributed by atoms with Gasteiger partial charge in [-0.15, -0.1) is 5.10 Å². The zero-order valence-electron chi connectivity index (χ0n) is 8.94. The van der Waals surface area contributed by atoms with Gasteiger partial charge in [0, 0.05) is 0 Å². The van der Waals surface area contributed by atoms with E-state index in [9.17, 15) is 4.79 Å². The number of carbonyl (C=O) groups is 1. The molecule has 0 bridgehead atoms. The second-order valence-corrected chi connectivity index (χ2v) is 4.28. The number of hydrogen-bond acceptors (Lipinski definition) is 5. The van der Waals surface area contributed by atoms with Crippen LogP contribution in [0.5, 0.6) is 0 Å². The maximum absolute atomic E-state index is 10.5. The molecule has 0 saturated carbocycles. The molecule has 0 aromatic carbocycles. The van der Waals surface area contributed by atoms with Crippen LogP contribution in [0.4, 0.5) is 10.8 Å². The number of rotatable bonds is 2. The van der Waals surface area contributed by atoms with Gasteiger partial charge in [-0.25, -0.2) is 4.79 Å². The second kappa shape index (κ2) is 3.85. The average Bonchev–Trinajstić information content (AvgIpc) is 2.48. The Morgan fingerprint density at radius 2 is 2.07 bits per heavy atom. The van der Waals surface area contributed by atoms with Crippen molar-refractivity contribution >= 4 is 12.0 Å². The first-order valence-corrected chi connectivity index (χ1v) is 4.46. The van der Waals surface area contributed by atoms with Crippen LogP contribution in [-0.2, 0) is 0 Å². The third-order valence-electron chi connectivity index (χ3n) is 1.87. The lowest BCUT2D eigenvalue weighted by Crippen LogP contribution is -2.26. The fourth-order valence-electron chi connectivity index (χ4n) is 0.887. The minimum absolute atomic E-state index is 0.0443. The van der Waals surface area contributed by atoms with Gasteiger partial charge in [-0.2, -0.15) is 0 Å². The number of nitrogens with one attached hydrogen (secondary N) is 1. The zero-order chi connectivity index (χ0) is 11.6. The van der Waals surface area contributed by atoms with Gasteiger partial charge in [0.25, 0.3) is 0 Å². The quantitative estimate of drug-likeness (QED) is 0.664. The lowest BCUT2D eigenvalue weighted by molar-refractivity contribution is 0.258. The summed E-state index contributed by atoms with van der Waals surface area (Å²) in [4.78, 5) is 10.5. The Morgan fingerprint density at radius 3 is 2.53 bits per heavy atom. The van der Waals surface area contributed by atoms with E-state index in [1.54, 1.807) is 0 Å². The monoisotopic (exact) mass is 213 g/mol. The summed E-state index contributed by atoms with van der Waals surface area (Å²) in [6, 6.07) is -1.19. The summed E-state index contributed by atoms with van der Waals surface area (Å²) in [5.74, 6) is 0.270. The molecule has 0 aliphatic rings. The van der Waals surface area contributed by atoms with Crippen LogP contribution in [0.3, 0.4) is 0 Å². The molecular formula is C8H15N5O2. The summed E-state index contributed by atoms with van der Waals surface area (Å²) in [6.07, 6.45) is 0. The molecule has 5 N–H and O–H groups in total. The van der Waals surface area contributed by atoms with Crippen molar-refractivity contribution in [1.82, 2.24) is 10.2 Å². The minimum Gasteiger partial charge on any atom is -0.406 e. The lowest BCUT2D eigenvalue weighted by Gasteiger charge is -2.23. The Labute approximate surface area is 87.2 Å². The molecule has 84 valence electrons. The summed E-state index contributed by atoms with van der Waals surface area (Å²) in [6.45, 7) is 5.84. The molecule has 1 aromatic rings. The number of primary amides is 1. The van der Waals surface area contributed by atoms with Gasteiger partial charge in [0.1, 0.15) is 0 Å². The van der Waals surface area contributed by atoms with E-state index >= 15 is 0 Å². The SMILES string of the molecule is CC(C)(C)[C@H](N)c1nnc(NC(N)=O)o1. The molecule has 0 spiro atoms. The number of nitrogens with two attached hydrogens (primary N) is 2. The molecule has 7 heteroatoms. The maximum Gasteiger partial charge on any atom is 0.323 e. The van der Waals surface area contributed by atoms with Crippen molar-refractivity contribution in [3.05, 3.63) is 5.89 Å². The number of urea groups is 1. The van der Waals surface area contributed by atoms with Gasteiger partial charge in [0.15, 0.2) is 0 Å². The summed E-state index contributed by atoms with van der Waals surface area (Å²) in [5.41, 5.74) is 10.6. The van der Waals surface area contributed by atoms with E-state index < -0.39 is 12.1 Å². The van der Waals surface area contributed by atoms with Crippen LogP contribution in [0.15, 0.2) is 4.42 Å². The molecule has 2 amide bonds. The largest absolute Gasteiger partial charge is 0.406 e. The minimum atomic E-state index is -0.755. The molecular weight excluding hydrogens is 198 g/mol. The molecule has 0 aliphatic heterocycles. The highest BCUT2D eigenvalue weighted by molar-refractivity contribution is 5.85. The standard InChI is InChI=1S/C8H15N5O2/c1-8(2,3)4(9)5-12-13-7(15-5)11-6(10)14/h4H,9H2,1-3H3,(H3,10,11,13,14)/t4-/m1/s1. The first-order chi connectivity index (χ1) is 6.80. The van der Waals surface area contributed by atoms with E-state index in [1.165, 1.54) is 0 Å². The van der Waals surface area contributed by atoms with Crippen molar-refractivity contribution in [2.45, 2.75) is 26.8 Å². The molecule has 0 saturated heterocycles. The van der Waals surface area contributed by atoms with Crippen molar-refractivity contribution in [2.24, 2.45) is 16.9 Å². The second-order valence-electron chi connectivity index (χ2n) is 4.28. The summed E-state index contributed by atoms with van der Waals surface area (Å²) < 4.78 is 5.12. The summed E-state index contributed by atoms with van der Waals surface area (Å²) in [5, 5.41) is 9.48. The third-order valence-corrected chi connectivity index (χ3v) is 1.87. The maximum atomic E-state index is 10.5. The van der Waals surface area contributed by atoms with Crippen LogP contribution < -0.4 is 16.8 Å². The van der Waals surface area contributed by atoms with Crippen LogP contribution >= 0.6 is 0 Å². The topological polar surface area (TPSA) is 120 Å². The summed E-state index contributed by atoms with van der Waals surface area (Å²) >= 11 is 0. The van der Waals surface area contributed by atoms with Gasteiger partial charge < -0.3 is 15.9 Å². The van der Waals surface area contributed by atoms with Crippen molar-refractivity contribution in [3.63, 3.8) is 0 Å². The Hall–Kier alpha value is -1.63. The van der Waals surface area contributed by atoms with E-state index in [0.29, 0.717) is 0 Å². The van der Waals surface area contributed by atoms with Crippen LogP contribution in [0.25, 0.3) is 0 Å². The molecule has 15 heavy (non-hydrogen) atoms. The van der Waals surface area contributed by atoms with Crippen molar-refractivity contribution < 1.29 is 9.21 Å². The van der Waals surface area contributed by atoms with Gasteiger partial charge >= 0.3 is 12.0 Å². The Kier molecular flexibility index (Phi) is 2.94. The highest BCUT2D eigenvalue weighted by Gasteiger charge is 2.27. The van der Waals surface area contributed by atoms with Gasteiger partial charge in [0.05, 0.1) is 6.04 Å². The van der Waals surface area contributed by atoms with Crippen molar-refractivity contribution in [2.75, 3.05) is 5.32 Å². The van der Waals surface area contributed by atoms with Gasteiger partial charge in [-0.1, -0.05) is 25.9 Å². The van der Waals surface area contributed by atoms with Crippen molar-refractivity contribution in [3.8, 4) is 0 Å². The lowest BCUT2D eigenvalue weighted by atomic mass is 9.87. The van der Waals surface area contributed by atoms with Gasteiger partial charge in [-0.3, -0.25) is 5.32 Å². The average molecular weight is 213 g/mol. The fourth-order valence-corrected chi connectivity index (χ4v) is 0.887. The number of hydrogen-bond donors (Lipinski definition) is 3. The van der Waals surface area contributed by atoms with Crippen LogP contribution in [0, 0.1) is 5.41 Å². The first-order valence-electron chi connectivity index (χ1n) is 4.46. The number of amides is 2. The highest BCUT2D eigenvalue weighted by atomic mass is 16.4. The molecule has 0 unspecified atom stereocenters. The molecule has 7 nitrogen and oxygen atoms in total. The predicted octanol–water partition coefficient (Wildman–Crippen LogP) is 0.606. The molecule has 1 heterocycles. The first kappa shape index (κ1) is 11.4. The summed E-state index contributed by atoms with van der Waals surface area (Å²) in [7, 11) is 0. The molecule has 0 fully saturated rings. The number of anilines is 1. The molecule has 1 rings (SSSR count). The fraction of sp³-hybridized carbons (Fsp3) is 0.625. The number of carbonyl (C=O) groups excluding carboxylic acids is 1. The molecule has 0 aliphatic carbocycles. The van der Waals surface area contributed by atoms with E-state index in [2.05, 4.69) is 15.5 Å². The van der Waals surface area contributed by atoms with E-state index in [1.807, 2.05) is 20.8 Å². The predicted molar refractivity (Wildman–Crippen MR) is 53.9 cm³/mol. The van der Waals surface area contributed by atoms with Crippen molar-refractivity contribution in [1.29, 1.82) is 0 Å². The zero-order valence-corrected chi connectivity index (χ0v) is 8.94. The van der Waals surface area contributed by atoms with E-state index in [4.69, 9.17) is 15.9 Å². The number of nitrogens with zero attached hydrogens (tertiary/aromatic N) is 2. The van der Waals surface area contributed by atoms with Gasteiger partial charge in [0.2, 0.25) is 5.89 Å². The Morgan fingerprint density at radius 1 is 1.47 bits per heavy atom. The van der Waals surface area contributed by atoms with Crippen LogP contribution in [0.1, 0.15) is 32.7 Å². The third kappa shape index (κ3) is 2.91.